The predicted molar refractivity (Wildman–Crippen MR) is 489 cm³/mol. The average Bonchev–Trinajstić information content (AvgIpc) is 1.63. The number of ketones is 3. The van der Waals surface area contributed by atoms with Crippen LogP contribution >= 0.6 is 0 Å². The van der Waals surface area contributed by atoms with Crippen LogP contribution in [0.1, 0.15) is 374 Å². The van der Waals surface area contributed by atoms with E-state index >= 15 is 0 Å². The van der Waals surface area contributed by atoms with E-state index in [-0.39, 0.29) is 122 Å². The van der Waals surface area contributed by atoms with Gasteiger partial charge in [-0.25, -0.2) is 0 Å². The molecule has 13 fully saturated rings. The number of carbonyl (C=O) groups excluding carboxylic acids is 13. The van der Waals surface area contributed by atoms with Crippen molar-refractivity contribution in [2.45, 2.75) is 385 Å². The Morgan fingerprint density at radius 2 is 0.713 bits per heavy atom. The first kappa shape index (κ1) is 139. The summed E-state index contributed by atoms with van der Waals surface area (Å²) in [6.45, 7) is 89.8. The summed E-state index contributed by atoms with van der Waals surface area (Å²) in [5.41, 5.74) is -0.745. The Kier molecular flexibility index (Phi) is 98.6. The van der Waals surface area contributed by atoms with Crippen molar-refractivity contribution in [2.24, 2.45) is 69.0 Å². The van der Waals surface area contributed by atoms with Gasteiger partial charge in [-0.1, -0.05) is 235 Å². The number of carbonyl (C=O) groups is 13. The van der Waals surface area contributed by atoms with E-state index in [2.05, 4.69) is 37.5 Å². The zero-order chi connectivity index (χ0) is 98.2. The summed E-state index contributed by atoms with van der Waals surface area (Å²) in [5.74, 6) is 2.91. The van der Waals surface area contributed by atoms with Gasteiger partial charge in [-0.05, 0) is 86.5 Å². The predicted octanol–water partition coefficient (Wildman–Crippen LogP) is 21.3. The zero-order valence-electron chi connectivity index (χ0n) is 85.6. The van der Waals surface area contributed by atoms with E-state index in [0.717, 1.165) is 64.8 Å². The third-order valence-electron chi connectivity index (χ3n) is 18.9. The van der Waals surface area contributed by atoms with Gasteiger partial charge in [0, 0.05) is 85.7 Å². The fourth-order valence-corrected chi connectivity index (χ4v) is 9.20. The van der Waals surface area contributed by atoms with E-state index in [1.807, 2.05) is 270 Å². The molecule has 0 aromatic rings. The summed E-state index contributed by atoms with van der Waals surface area (Å²) < 4.78 is 62.0. The Balaban J connectivity index is -0.000000119. The maximum absolute atomic E-state index is 11.1. The van der Waals surface area contributed by atoms with Gasteiger partial charge < -0.3 is 61.6 Å². The molecule has 122 heavy (non-hydrogen) atoms. The molecule has 13 aliphatic heterocycles. The summed E-state index contributed by atoms with van der Waals surface area (Å²) >= 11 is 0. The lowest BCUT2D eigenvalue weighted by Gasteiger charge is -2.28. The van der Waals surface area contributed by atoms with Crippen molar-refractivity contribution in [1.29, 1.82) is 0 Å². The molecule has 0 N–H and O–H groups in total. The third-order valence-corrected chi connectivity index (χ3v) is 18.9. The highest BCUT2D eigenvalue weighted by Gasteiger charge is 2.50. The monoisotopic (exact) mass is 1760 g/mol. The van der Waals surface area contributed by atoms with Crippen molar-refractivity contribution in [1.82, 2.24) is 0 Å². The zero-order valence-corrected chi connectivity index (χ0v) is 85.6. The summed E-state index contributed by atoms with van der Waals surface area (Å²) in [5, 5.41) is 0. The highest BCUT2D eigenvalue weighted by atomic mass is 16.6. The Bertz CT molecular complexity index is 2510. The maximum atomic E-state index is 11.1. The molecule has 0 spiro atoms. The van der Waals surface area contributed by atoms with Crippen LogP contribution in [0, 0.1) is 69.0 Å². The van der Waals surface area contributed by atoms with Crippen LogP contribution in [-0.4, -0.2) is 181 Å². The second-order valence-corrected chi connectivity index (χ2v) is 30.4. The smallest absolute Gasteiger partial charge is 0.312 e. The molecule has 26 heteroatoms. The van der Waals surface area contributed by atoms with Crippen molar-refractivity contribution < 1.29 is 124 Å². The quantitative estimate of drug-likeness (QED) is 0.161. The maximum Gasteiger partial charge on any atom is 0.312 e. The van der Waals surface area contributed by atoms with Gasteiger partial charge in [-0.2, -0.15) is 0 Å². The second-order valence-electron chi connectivity index (χ2n) is 30.4. The Morgan fingerprint density at radius 1 is 0.311 bits per heavy atom. The lowest BCUT2D eigenvalue weighted by molar-refractivity contribution is -0.147. The number of cyclic esters (lactones) is 10. The Hall–Kier alpha value is -6.41. The van der Waals surface area contributed by atoms with Gasteiger partial charge in [0.2, 0.25) is 0 Å². The van der Waals surface area contributed by atoms with Gasteiger partial charge in [0.05, 0.1) is 108 Å². The molecule has 9 atom stereocenters. The van der Waals surface area contributed by atoms with Gasteiger partial charge in [0.25, 0.3) is 0 Å². The Labute approximate surface area is 744 Å². The van der Waals surface area contributed by atoms with E-state index in [4.69, 9.17) is 37.9 Å². The summed E-state index contributed by atoms with van der Waals surface area (Å²) in [6, 6.07) is 0. The second kappa shape index (κ2) is 86.7. The fraction of sp³-hybridized carbons (Fsp3) is 0.865. The number of rotatable bonds is 0. The van der Waals surface area contributed by atoms with Crippen LogP contribution in [0.15, 0.2) is 0 Å². The van der Waals surface area contributed by atoms with Crippen LogP contribution < -0.4 is 0 Å². The molecule has 0 aromatic heterocycles. The highest BCUT2D eigenvalue weighted by Crippen LogP contribution is 2.44. The normalized spacial score (nSPS) is 24.4. The van der Waals surface area contributed by atoms with E-state index in [0.29, 0.717) is 153 Å². The summed E-state index contributed by atoms with van der Waals surface area (Å²) in [4.78, 5) is 136. The van der Waals surface area contributed by atoms with E-state index in [9.17, 15) is 62.3 Å². The molecular weight excluding hydrogens is 1570 g/mol. The van der Waals surface area contributed by atoms with Gasteiger partial charge in [-0.3, -0.25) is 62.3 Å². The highest BCUT2D eigenvalue weighted by molar-refractivity contribution is 5.82. The van der Waals surface area contributed by atoms with Crippen molar-refractivity contribution >= 4 is 77.0 Å². The van der Waals surface area contributed by atoms with Crippen LogP contribution in [0.5, 0.6) is 0 Å². The first-order chi connectivity index (χ1) is 57.4. The van der Waals surface area contributed by atoms with Crippen LogP contribution in [0.2, 0.25) is 0 Å². The van der Waals surface area contributed by atoms with Gasteiger partial charge in [-0.15, -0.1) is 0 Å². The molecule has 13 saturated heterocycles. The van der Waals surface area contributed by atoms with Crippen LogP contribution in [-0.2, 0) is 124 Å². The van der Waals surface area contributed by atoms with Crippen LogP contribution in [0.3, 0.4) is 0 Å². The van der Waals surface area contributed by atoms with E-state index < -0.39 is 0 Å². The molecule has 0 amide bonds. The molecule has 8 unspecified atom stereocenters. The minimum Gasteiger partial charge on any atom is -0.466 e. The van der Waals surface area contributed by atoms with E-state index in [1.165, 1.54) is 0 Å². The molecule has 13 rings (SSSR count). The van der Waals surface area contributed by atoms with Crippen molar-refractivity contribution in [3.8, 4) is 0 Å². The molecule has 0 radical (unpaired) electrons. The van der Waals surface area contributed by atoms with E-state index in [1.54, 1.807) is 0 Å². The summed E-state index contributed by atoms with van der Waals surface area (Å²) in [7, 11) is 0. The van der Waals surface area contributed by atoms with Crippen LogP contribution in [0.25, 0.3) is 0 Å². The molecule has 0 saturated carbocycles. The standard InChI is InChI=1S/C8H14O2.3C7H12O2.2C6H10O2.5C5H8O2.2C4H6O2.11C2H6/c1-7(2)5-10-6(9)8(7,3)4;1-5-6(8)9-4-7(5,2)3;1-5-4-9-6(8)7(5,2)3;1-5-4-6(8)9-7(5,2)3;1-5-2-6(7)4-8-3-5;1-4-3-6(7)8-5(4)2;2*1-4-2-5(6)7-3-4;1-4-2-3-7-5(4)6;2*6-5-2-1-3-7-4-5;2*5-4-2-1-3-6-4;11*1-2/h5H2,1-4H3;3*5H,4H2,1-3H3;5H,2-4H2,1H3;4-5H,3H2,1-2H3;3*4H,2-3H2,1H3;2*1-4H2;2*1-3H2;11*1-2H3/t;5-;;;;;;;;;;;;;;;;;;;;;;/m.1....................../s1. The first-order valence-electron chi connectivity index (χ1n) is 46.4. The molecule has 728 valence electrons. The van der Waals surface area contributed by atoms with Gasteiger partial charge in [0.1, 0.15) is 31.5 Å². The fourth-order valence-electron chi connectivity index (χ4n) is 9.20. The van der Waals surface area contributed by atoms with Crippen molar-refractivity contribution in [3.63, 3.8) is 0 Å². The molecule has 0 aliphatic carbocycles. The molecule has 0 bridgehead atoms. The minimum absolute atomic E-state index is 0.00984. The third kappa shape index (κ3) is 70.8. The SMILES string of the molecule is CC.CC.CC.CC.CC.CC.CC.CC.CC.CC.CC.CC1(C)COC(=O)C1(C)C.CC1CC(=O)OC1(C)C.CC1CC(=O)OC1C.CC1CCOC1=O.CC1COC(=O)C1.CC1COC(=O)C1.CC1COC(=O)C1(C)C.CC1COCC(=O)C1.C[C@@H]1C(=O)OCC1(C)C.O=C1CCCO1.O=C1CCCO1.O=C1CCCOC1.O=C1CCCOC1. The lowest BCUT2D eigenvalue weighted by Crippen LogP contribution is -2.32. The molecule has 0 aromatic carbocycles. The largest absolute Gasteiger partial charge is 0.466 e. The molecule has 13 heterocycles. The van der Waals surface area contributed by atoms with Crippen LogP contribution in [0.4, 0.5) is 0 Å². The number of ether oxygens (including phenoxy) is 13. The first-order valence-corrected chi connectivity index (χ1v) is 46.4. The van der Waals surface area contributed by atoms with Crippen molar-refractivity contribution in [2.75, 3.05) is 92.5 Å². The minimum atomic E-state index is -0.312. The summed E-state index contributed by atoms with van der Waals surface area (Å²) in [6.07, 6.45) is 10.5. The Morgan fingerprint density at radius 3 is 0.820 bits per heavy atom. The molecular formula is C96H188O26. The lowest BCUT2D eigenvalue weighted by atomic mass is 9.70. The topological polar surface area (TPSA) is 342 Å². The number of esters is 10. The molecule has 13 aliphatic rings. The van der Waals surface area contributed by atoms with Gasteiger partial charge in [0.15, 0.2) is 17.3 Å². The van der Waals surface area contributed by atoms with Crippen molar-refractivity contribution in [3.05, 3.63) is 0 Å². The average molecular weight is 1760 g/mol. The molecule has 26 nitrogen and oxygen atoms in total. The number of hydrogen-bond donors (Lipinski definition) is 0. The number of Topliss-reactive ketones (excluding diaryl/α,β-unsaturated/α-hetero) is 3. The van der Waals surface area contributed by atoms with Gasteiger partial charge >= 0.3 is 59.7 Å². The number of hydrogen-bond acceptors (Lipinski definition) is 26.